The summed E-state index contributed by atoms with van der Waals surface area (Å²) in [5.41, 5.74) is 7.16. The molecule has 0 bridgehead atoms. The number of anilines is 1. The summed E-state index contributed by atoms with van der Waals surface area (Å²) in [6.45, 7) is 0. The topological polar surface area (TPSA) is 81.4 Å². The molecule has 0 heterocycles. The Bertz CT molecular complexity index is 797. The molecule has 26 heavy (non-hydrogen) atoms. The lowest BCUT2D eigenvalue weighted by molar-refractivity contribution is -0.143. The maximum Gasteiger partial charge on any atom is 0.328 e. The highest BCUT2D eigenvalue weighted by molar-refractivity contribution is 6.10. The van der Waals surface area contributed by atoms with E-state index in [-0.39, 0.29) is 11.9 Å². The van der Waals surface area contributed by atoms with Crippen LogP contribution in [0.4, 0.5) is 5.69 Å². The van der Waals surface area contributed by atoms with Crippen LogP contribution < -0.4 is 11.1 Å². The fraction of sp³-hybridized carbons (Fsp3) is 0.429. The second-order valence-electron chi connectivity index (χ2n) is 7.04. The van der Waals surface area contributed by atoms with Crippen molar-refractivity contribution in [3.8, 4) is 0 Å². The quantitative estimate of drug-likeness (QED) is 0.634. The molecule has 0 unspecified atom stereocenters. The van der Waals surface area contributed by atoms with Crippen molar-refractivity contribution in [3.05, 3.63) is 42.0 Å². The number of nitrogens with one attached hydrogen (secondary N) is 1. The fourth-order valence-electron chi connectivity index (χ4n) is 3.87. The molecular weight excluding hydrogens is 328 g/mol. The smallest absolute Gasteiger partial charge is 0.328 e. The number of nitrogens with two attached hydrogens (primary N) is 1. The molecule has 1 fully saturated rings. The van der Waals surface area contributed by atoms with Crippen molar-refractivity contribution in [3.63, 3.8) is 0 Å². The van der Waals surface area contributed by atoms with Gasteiger partial charge in [0.15, 0.2) is 0 Å². The summed E-state index contributed by atoms with van der Waals surface area (Å²) in [5, 5.41) is 4.51. The first-order valence-electron chi connectivity index (χ1n) is 9.26. The van der Waals surface area contributed by atoms with E-state index in [1.807, 2.05) is 24.3 Å². The van der Waals surface area contributed by atoms with Gasteiger partial charge in [-0.15, -0.1) is 0 Å². The summed E-state index contributed by atoms with van der Waals surface area (Å²) in [6, 6.07) is 10.3. The monoisotopic (exact) mass is 354 g/mol. The second kappa shape index (κ2) is 8.21. The largest absolute Gasteiger partial charge is 0.467 e. The first kappa shape index (κ1) is 18.2. The molecule has 5 nitrogen and oxygen atoms in total. The van der Waals surface area contributed by atoms with E-state index in [2.05, 4.69) is 5.32 Å². The molecule has 138 valence electrons. The number of fused-ring (bicyclic) bond motifs is 1. The van der Waals surface area contributed by atoms with E-state index >= 15 is 0 Å². The van der Waals surface area contributed by atoms with Crippen molar-refractivity contribution in [2.45, 2.75) is 44.6 Å². The van der Waals surface area contributed by atoms with Gasteiger partial charge in [0.25, 0.3) is 5.91 Å². The number of nitrogen functional groups attached to an aromatic ring is 1. The third kappa shape index (κ3) is 3.98. The van der Waals surface area contributed by atoms with Gasteiger partial charge in [-0.2, -0.15) is 0 Å². The van der Waals surface area contributed by atoms with Crippen LogP contribution in [0.2, 0.25) is 0 Å². The average molecular weight is 354 g/mol. The van der Waals surface area contributed by atoms with Gasteiger partial charge in [0.1, 0.15) is 6.04 Å². The van der Waals surface area contributed by atoms with Gasteiger partial charge >= 0.3 is 5.97 Å². The van der Waals surface area contributed by atoms with Crippen LogP contribution in [0.15, 0.2) is 36.4 Å². The zero-order chi connectivity index (χ0) is 18.5. The highest BCUT2D eigenvalue weighted by Crippen LogP contribution is 2.28. The van der Waals surface area contributed by atoms with Crippen LogP contribution in [-0.2, 0) is 9.53 Å². The number of carbonyl (C=O) groups is 2. The van der Waals surface area contributed by atoms with Crippen molar-refractivity contribution < 1.29 is 14.3 Å². The average Bonchev–Trinajstić information content (AvgIpc) is 2.68. The predicted octanol–water partition coefficient (Wildman–Crippen LogP) is 3.66. The van der Waals surface area contributed by atoms with E-state index in [1.165, 1.54) is 26.4 Å². The summed E-state index contributed by atoms with van der Waals surface area (Å²) in [7, 11) is 1.36. The van der Waals surface area contributed by atoms with E-state index in [0.29, 0.717) is 23.6 Å². The van der Waals surface area contributed by atoms with E-state index in [4.69, 9.17) is 10.5 Å². The molecule has 0 radical (unpaired) electrons. The van der Waals surface area contributed by atoms with Crippen molar-refractivity contribution in [2.75, 3.05) is 12.8 Å². The van der Waals surface area contributed by atoms with Gasteiger partial charge in [-0.05, 0) is 29.9 Å². The molecule has 2 aromatic carbocycles. The van der Waals surface area contributed by atoms with Gasteiger partial charge in [0.05, 0.1) is 7.11 Å². The Hall–Kier alpha value is -2.56. The molecule has 0 aromatic heterocycles. The van der Waals surface area contributed by atoms with Crippen molar-refractivity contribution >= 4 is 28.3 Å². The maximum atomic E-state index is 12.9. The minimum atomic E-state index is -0.619. The minimum Gasteiger partial charge on any atom is -0.467 e. The molecule has 1 amide bonds. The first-order valence-corrected chi connectivity index (χ1v) is 9.26. The summed E-state index contributed by atoms with van der Waals surface area (Å²) in [4.78, 5) is 25.1. The van der Waals surface area contributed by atoms with Gasteiger partial charge < -0.3 is 15.8 Å². The number of carbonyl (C=O) groups excluding carboxylic acids is 2. The molecule has 1 aliphatic carbocycles. The fourth-order valence-corrected chi connectivity index (χ4v) is 3.87. The van der Waals surface area contributed by atoms with Gasteiger partial charge in [0.2, 0.25) is 0 Å². The number of esters is 1. The number of ether oxygens (including phenoxy) is 1. The molecule has 2 aromatic rings. The van der Waals surface area contributed by atoms with Crippen molar-refractivity contribution in [1.29, 1.82) is 0 Å². The molecule has 1 atom stereocenters. The maximum absolute atomic E-state index is 12.9. The van der Waals surface area contributed by atoms with Crippen LogP contribution in [0.25, 0.3) is 10.8 Å². The van der Waals surface area contributed by atoms with E-state index in [0.717, 1.165) is 23.6 Å². The lowest BCUT2D eigenvalue weighted by Gasteiger charge is -2.26. The molecular formula is C21H26N2O3. The van der Waals surface area contributed by atoms with E-state index < -0.39 is 6.04 Å². The highest BCUT2D eigenvalue weighted by Gasteiger charge is 2.27. The first-order chi connectivity index (χ1) is 12.6. The molecule has 3 rings (SSSR count). The number of benzene rings is 2. The van der Waals surface area contributed by atoms with Crippen LogP contribution in [0, 0.1) is 5.92 Å². The summed E-state index contributed by atoms with van der Waals surface area (Å²) in [5.74, 6) is -0.201. The number of hydrogen-bond acceptors (Lipinski definition) is 4. The number of methoxy groups -OCH3 is 1. The minimum absolute atomic E-state index is 0.271. The number of hydrogen-bond donors (Lipinski definition) is 2. The Labute approximate surface area is 153 Å². The molecule has 0 aliphatic heterocycles. The van der Waals surface area contributed by atoms with E-state index in [1.54, 1.807) is 12.1 Å². The Morgan fingerprint density at radius 2 is 1.81 bits per heavy atom. The van der Waals surface area contributed by atoms with Gasteiger partial charge in [0, 0.05) is 16.6 Å². The third-order valence-corrected chi connectivity index (χ3v) is 5.29. The lowest BCUT2D eigenvalue weighted by Crippen LogP contribution is -2.43. The molecule has 0 spiro atoms. The van der Waals surface area contributed by atoms with E-state index in [9.17, 15) is 9.59 Å². The van der Waals surface area contributed by atoms with Gasteiger partial charge in [-0.25, -0.2) is 4.79 Å². The molecule has 1 saturated carbocycles. The Morgan fingerprint density at radius 3 is 2.50 bits per heavy atom. The Balaban J connectivity index is 1.81. The normalized spacial score (nSPS) is 16.2. The Kier molecular flexibility index (Phi) is 5.76. The molecule has 1 aliphatic rings. The van der Waals surface area contributed by atoms with Crippen molar-refractivity contribution in [2.24, 2.45) is 5.92 Å². The zero-order valence-corrected chi connectivity index (χ0v) is 15.2. The SMILES string of the molecule is COC(=O)[C@@H](CC1CCCCC1)NC(=O)c1ccc(N)c2ccccc12. The third-order valence-electron chi connectivity index (χ3n) is 5.29. The molecule has 5 heteroatoms. The number of rotatable bonds is 5. The summed E-state index contributed by atoms with van der Waals surface area (Å²) < 4.78 is 4.92. The van der Waals surface area contributed by atoms with Crippen LogP contribution in [-0.4, -0.2) is 25.0 Å². The summed E-state index contributed by atoms with van der Waals surface area (Å²) in [6.07, 6.45) is 6.47. The van der Waals surface area contributed by atoms with Crippen molar-refractivity contribution in [1.82, 2.24) is 5.32 Å². The van der Waals surface area contributed by atoms with Crippen LogP contribution in [0.1, 0.15) is 48.9 Å². The standard InChI is InChI=1S/C21H26N2O3/c1-26-21(25)19(13-14-7-3-2-4-8-14)23-20(24)17-11-12-18(22)16-10-6-5-9-15(16)17/h5-6,9-12,14,19H,2-4,7-8,13,22H2,1H3,(H,23,24)/t19-/m1/s1. The molecule has 0 saturated heterocycles. The Morgan fingerprint density at radius 1 is 1.12 bits per heavy atom. The second-order valence-corrected chi connectivity index (χ2v) is 7.04. The lowest BCUT2D eigenvalue weighted by atomic mass is 9.84. The van der Waals surface area contributed by atoms with Crippen LogP contribution >= 0.6 is 0 Å². The van der Waals surface area contributed by atoms with Gasteiger partial charge in [-0.3, -0.25) is 4.79 Å². The van der Waals surface area contributed by atoms with Crippen LogP contribution in [0.3, 0.4) is 0 Å². The highest BCUT2D eigenvalue weighted by atomic mass is 16.5. The summed E-state index contributed by atoms with van der Waals surface area (Å²) >= 11 is 0. The number of amides is 1. The predicted molar refractivity (Wildman–Crippen MR) is 103 cm³/mol. The van der Waals surface area contributed by atoms with Gasteiger partial charge in [-0.1, -0.05) is 56.4 Å². The molecule has 3 N–H and O–H groups in total. The zero-order valence-electron chi connectivity index (χ0n) is 15.2. The van der Waals surface area contributed by atoms with Crippen LogP contribution in [0.5, 0.6) is 0 Å².